The Morgan fingerprint density at radius 2 is 2.00 bits per heavy atom. The molecule has 1 heterocycles. The van der Waals surface area contributed by atoms with Gasteiger partial charge in [-0.25, -0.2) is 4.39 Å². The minimum atomic E-state index is -4.74. The molecule has 1 atom stereocenters. The molecular weight excluding hydrogens is 270 g/mol. The summed E-state index contributed by atoms with van der Waals surface area (Å²) in [5.74, 6) is -1.40. The third-order valence-corrected chi connectivity index (χ3v) is 3.16. The van der Waals surface area contributed by atoms with Gasteiger partial charge < -0.3 is 5.11 Å². The molecule has 0 spiro atoms. The van der Waals surface area contributed by atoms with Crippen molar-refractivity contribution in [1.82, 2.24) is 4.98 Å². The SMILES string of the molecule is OC(c1ccc(C(F)(F)F)c(F)c1)c1cncs1. The van der Waals surface area contributed by atoms with Gasteiger partial charge in [0.1, 0.15) is 11.9 Å². The zero-order valence-corrected chi connectivity index (χ0v) is 9.60. The Labute approximate surface area is 104 Å². The molecule has 0 aliphatic rings. The molecule has 0 radical (unpaired) electrons. The molecule has 2 aromatic rings. The van der Waals surface area contributed by atoms with E-state index in [0.717, 1.165) is 17.4 Å². The smallest absolute Gasteiger partial charge is 0.383 e. The highest BCUT2D eigenvalue weighted by Gasteiger charge is 2.34. The van der Waals surface area contributed by atoms with Gasteiger partial charge in [-0.05, 0) is 17.7 Å². The van der Waals surface area contributed by atoms with Gasteiger partial charge in [-0.3, -0.25) is 4.98 Å². The molecule has 0 bridgehead atoms. The van der Waals surface area contributed by atoms with Crippen molar-refractivity contribution < 1.29 is 22.7 Å². The van der Waals surface area contributed by atoms with Crippen LogP contribution in [0.5, 0.6) is 0 Å². The van der Waals surface area contributed by atoms with Gasteiger partial charge in [-0.1, -0.05) is 6.07 Å². The summed E-state index contributed by atoms with van der Waals surface area (Å²) in [6.07, 6.45) is -4.53. The summed E-state index contributed by atoms with van der Waals surface area (Å²) in [6.45, 7) is 0. The van der Waals surface area contributed by atoms with E-state index in [9.17, 15) is 22.7 Å². The maximum atomic E-state index is 13.3. The normalized spacial score (nSPS) is 13.6. The van der Waals surface area contributed by atoms with E-state index in [1.165, 1.54) is 11.7 Å². The largest absolute Gasteiger partial charge is 0.419 e. The molecule has 0 fully saturated rings. The molecule has 1 aromatic carbocycles. The van der Waals surface area contributed by atoms with Gasteiger partial charge in [0.2, 0.25) is 0 Å². The van der Waals surface area contributed by atoms with Crippen molar-refractivity contribution in [2.45, 2.75) is 12.3 Å². The predicted molar refractivity (Wildman–Crippen MR) is 57.6 cm³/mol. The number of hydrogen-bond donors (Lipinski definition) is 1. The van der Waals surface area contributed by atoms with Crippen molar-refractivity contribution >= 4 is 11.3 Å². The highest BCUT2D eigenvalue weighted by molar-refractivity contribution is 7.09. The van der Waals surface area contributed by atoms with Crippen molar-refractivity contribution in [1.29, 1.82) is 0 Å². The van der Waals surface area contributed by atoms with Gasteiger partial charge >= 0.3 is 6.18 Å². The van der Waals surface area contributed by atoms with Gasteiger partial charge in [0, 0.05) is 6.20 Å². The molecule has 0 saturated carbocycles. The van der Waals surface area contributed by atoms with Crippen LogP contribution in [0.25, 0.3) is 0 Å². The minimum Gasteiger partial charge on any atom is -0.383 e. The van der Waals surface area contributed by atoms with Crippen LogP contribution in [0, 0.1) is 5.82 Å². The maximum absolute atomic E-state index is 13.3. The standard InChI is InChI=1S/C11H7F4NOS/c12-8-3-6(1-2-7(8)11(13,14)15)10(17)9-4-16-5-18-9/h1-5,10,17H. The lowest BCUT2D eigenvalue weighted by Gasteiger charge is -2.12. The van der Waals surface area contributed by atoms with Crippen molar-refractivity contribution in [3.63, 3.8) is 0 Å². The molecular formula is C11H7F4NOS. The van der Waals surface area contributed by atoms with E-state index < -0.39 is 23.7 Å². The van der Waals surface area contributed by atoms with E-state index >= 15 is 0 Å². The topological polar surface area (TPSA) is 33.1 Å². The number of thiazole rings is 1. The number of alkyl halides is 3. The van der Waals surface area contributed by atoms with Crippen LogP contribution in [-0.2, 0) is 6.18 Å². The van der Waals surface area contributed by atoms with Gasteiger partial charge in [0.15, 0.2) is 0 Å². The van der Waals surface area contributed by atoms with Crippen LogP contribution in [0.2, 0.25) is 0 Å². The molecule has 2 rings (SSSR count). The van der Waals surface area contributed by atoms with Crippen molar-refractivity contribution in [3.05, 3.63) is 51.7 Å². The lowest BCUT2D eigenvalue weighted by molar-refractivity contribution is -0.140. The summed E-state index contributed by atoms with van der Waals surface area (Å²) >= 11 is 1.14. The Bertz CT molecular complexity index is 538. The van der Waals surface area contributed by atoms with E-state index in [4.69, 9.17) is 0 Å². The van der Waals surface area contributed by atoms with E-state index in [1.807, 2.05) is 0 Å². The fourth-order valence-corrected chi connectivity index (χ4v) is 2.09. The molecule has 18 heavy (non-hydrogen) atoms. The Hall–Kier alpha value is -1.47. The zero-order chi connectivity index (χ0) is 13.3. The second-order valence-electron chi connectivity index (χ2n) is 3.54. The number of aromatic nitrogens is 1. The molecule has 1 N–H and O–H groups in total. The van der Waals surface area contributed by atoms with E-state index in [-0.39, 0.29) is 5.56 Å². The maximum Gasteiger partial charge on any atom is 0.419 e. The van der Waals surface area contributed by atoms with Crippen LogP contribution < -0.4 is 0 Å². The van der Waals surface area contributed by atoms with Gasteiger partial charge in [-0.15, -0.1) is 11.3 Å². The summed E-state index contributed by atoms with van der Waals surface area (Å²) in [6, 6.07) is 2.36. The van der Waals surface area contributed by atoms with E-state index in [0.29, 0.717) is 17.0 Å². The van der Waals surface area contributed by atoms with Crippen molar-refractivity contribution in [3.8, 4) is 0 Å². The monoisotopic (exact) mass is 277 g/mol. The predicted octanol–water partition coefficient (Wildman–Crippen LogP) is 3.38. The number of nitrogens with zero attached hydrogens (tertiary/aromatic N) is 1. The Morgan fingerprint density at radius 3 is 2.50 bits per heavy atom. The highest BCUT2D eigenvalue weighted by atomic mass is 32.1. The number of rotatable bonds is 2. The molecule has 1 aromatic heterocycles. The number of aliphatic hydroxyl groups is 1. The van der Waals surface area contributed by atoms with Gasteiger partial charge in [-0.2, -0.15) is 13.2 Å². The molecule has 1 unspecified atom stereocenters. The van der Waals surface area contributed by atoms with Crippen LogP contribution in [0.1, 0.15) is 22.1 Å². The van der Waals surface area contributed by atoms with Crippen LogP contribution in [0.4, 0.5) is 17.6 Å². The summed E-state index contributed by atoms with van der Waals surface area (Å²) in [5, 5.41) is 9.82. The number of halogens is 4. The lowest BCUT2D eigenvalue weighted by atomic mass is 10.1. The Morgan fingerprint density at radius 1 is 1.28 bits per heavy atom. The first-order valence-electron chi connectivity index (χ1n) is 4.82. The molecule has 2 nitrogen and oxygen atoms in total. The summed E-state index contributed by atoms with van der Waals surface area (Å²) < 4.78 is 50.3. The first-order valence-corrected chi connectivity index (χ1v) is 5.70. The minimum absolute atomic E-state index is 0.0600. The lowest BCUT2D eigenvalue weighted by Crippen LogP contribution is -2.09. The summed E-state index contributed by atoms with van der Waals surface area (Å²) in [4.78, 5) is 4.17. The van der Waals surface area contributed by atoms with Crippen LogP contribution in [0.3, 0.4) is 0 Å². The average molecular weight is 277 g/mol. The van der Waals surface area contributed by atoms with Gasteiger partial charge in [0.05, 0.1) is 16.0 Å². The molecule has 96 valence electrons. The molecule has 0 saturated heterocycles. The molecule has 0 amide bonds. The number of benzene rings is 1. The average Bonchev–Trinajstić information content (AvgIpc) is 2.79. The fraction of sp³-hybridized carbons (Fsp3) is 0.182. The first-order chi connectivity index (χ1) is 8.39. The van der Waals surface area contributed by atoms with E-state index in [2.05, 4.69) is 4.98 Å². The zero-order valence-electron chi connectivity index (χ0n) is 8.78. The Kier molecular flexibility index (Phi) is 3.36. The van der Waals surface area contributed by atoms with Crippen LogP contribution in [-0.4, -0.2) is 10.1 Å². The molecule has 0 aliphatic heterocycles. The van der Waals surface area contributed by atoms with Crippen molar-refractivity contribution in [2.75, 3.05) is 0 Å². The summed E-state index contributed by atoms with van der Waals surface area (Å²) in [5.41, 5.74) is 0.187. The summed E-state index contributed by atoms with van der Waals surface area (Å²) in [7, 11) is 0. The second-order valence-corrected chi connectivity index (χ2v) is 4.46. The first kappa shape index (κ1) is 13.0. The van der Waals surface area contributed by atoms with Crippen LogP contribution in [0.15, 0.2) is 29.9 Å². The highest BCUT2D eigenvalue weighted by Crippen LogP contribution is 2.33. The van der Waals surface area contributed by atoms with E-state index in [1.54, 1.807) is 0 Å². The van der Waals surface area contributed by atoms with Gasteiger partial charge in [0.25, 0.3) is 0 Å². The number of aliphatic hydroxyl groups excluding tert-OH is 1. The fourth-order valence-electron chi connectivity index (χ4n) is 1.46. The van der Waals surface area contributed by atoms with Crippen molar-refractivity contribution in [2.24, 2.45) is 0 Å². The third-order valence-electron chi connectivity index (χ3n) is 2.34. The number of hydrogen-bond acceptors (Lipinski definition) is 3. The van der Waals surface area contributed by atoms with Crippen LogP contribution >= 0.6 is 11.3 Å². The Balaban J connectivity index is 2.35. The second kappa shape index (κ2) is 4.66. The molecule has 7 heteroatoms. The quantitative estimate of drug-likeness (QED) is 0.854. The molecule has 0 aliphatic carbocycles. The third kappa shape index (κ3) is 2.51.